The molecule has 1 aromatic heterocycles. The molecule has 86 valence electrons. The van der Waals surface area contributed by atoms with E-state index in [-0.39, 0.29) is 5.78 Å². The molecule has 17 heavy (non-hydrogen) atoms. The van der Waals surface area contributed by atoms with Crippen molar-refractivity contribution in [1.29, 1.82) is 0 Å². The van der Waals surface area contributed by atoms with Gasteiger partial charge in [0.25, 0.3) is 0 Å². The van der Waals surface area contributed by atoms with E-state index in [0.717, 1.165) is 11.1 Å². The van der Waals surface area contributed by atoms with Gasteiger partial charge in [0, 0.05) is 24.4 Å². The summed E-state index contributed by atoms with van der Waals surface area (Å²) in [6.45, 7) is 3.97. The molecule has 0 aliphatic heterocycles. The first-order valence-corrected chi connectivity index (χ1v) is 5.66. The Balaban J connectivity index is 2.20. The quantitative estimate of drug-likeness (QED) is 0.751. The number of carbonyl (C=O) groups is 1. The van der Waals surface area contributed by atoms with E-state index in [0.29, 0.717) is 12.0 Å². The average molecular weight is 225 g/mol. The maximum Gasteiger partial charge on any atom is 0.169 e. The molecule has 0 amide bonds. The van der Waals surface area contributed by atoms with Crippen LogP contribution in [0.15, 0.2) is 42.7 Å². The van der Waals surface area contributed by atoms with Crippen LogP contribution in [0.1, 0.15) is 27.0 Å². The lowest BCUT2D eigenvalue weighted by atomic mass is 10.0. The molecule has 2 heteroatoms. The van der Waals surface area contributed by atoms with E-state index in [2.05, 4.69) is 4.98 Å². The Morgan fingerprint density at radius 2 is 2.06 bits per heavy atom. The van der Waals surface area contributed by atoms with Crippen LogP contribution in [-0.2, 0) is 6.42 Å². The first kappa shape index (κ1) is 11.5. The minimum Gasteiger partial charge on any atom is -0.294 e. The van der Waals surface area contributed by atoms with E-state index < -0.39 is 0 Å². The lowest BCUT2D eigenvalue weighted by molar-refractivity contribution is 0.0992. The second kappa shape index (κ2) is 4.91. The molecular weight excluding hydrogens is 210 g/mol. The van der Waals surface area contributed by atoms with Crippen LogP contribution in [0.4, 0.5) is 0 Å². The molecular formula is C15H15NO. The second-order valence-electron chi connectivity index (χ2n) is 4.28. The lowest BCUT2D eigenvalue weighted by Gasteiger charge is -2.04. The van der Waals surface area contributed by atoms with Gasteiger partial charge in [0.05, 0.1) is 0 Å². The lowest BCUT2D eigenvalue weighted by Crippen LogP contribution is -2.06. The van der Waals surface area contributed by atoms with Crippen molar-refractivity contribution in [3.8, 4) is 0 Å². The van der Waals surface area contributed by atoms with Gasteiger partial charge < -0.3 is 0 Å². The number of rotatable bonds is 3. The molecule has 0 atom stereocenters. The largest absolute Gasteiger partial charge is 0.294 e. The van der Waals surface area contributed by atoms with Gasteiger partial charge in [-0.2, -0.15) is 0 Å². The van der Waals surface area contributed by atoms with Crippen LogP contribution in [0, 0.1) is 13.8 Å². The Hall–Kier alpha value is -1.96. The molecule has 2 aromatic rings. The Bertz CT molecular complexity index is 546. The molecule has 2 nitrogen and oxygen atoms in total. The minimum absolute atomic E-state index is 0.126. The normalized spacial score (nSPS) is 10.2. The molecule has 0 saturated carbocycles. The number of aryl methyl sites for hydroxylation is 2. The fraction of sp³-hybridized carbons (Fsp3) is 0.200. The number of ketones is 1. The molecule has 0 aliphatic rings. The molecule has 0 spiro atoms. The Morgan fingerprint density at radius 3 is 2.76 bits per heavy atom. The van der Waals surface area contributed by atoms with E-state index in [4.69, 9.17) is 0 Å². The number of benzene rings is 1. The first-order chi connectivity index (χ1) is 8.16. The number of pyridine rings is 1. The second-order valence-corrected chi connectivity index (χ2v) is 4.28. The summed E-state index contributed by atoms with van der Waals surface area (Å²) in [6, 6.07) is 9.90. The smallest absolute Gasteiger partial charge is 0.169 e. The fourth-order valence-electron chi connectivity index (χ4n) is 1.86. The maximum absolute atomic E-state index is 12.1. The van der Waals surface area contributed by atoms with Gasteiger partial charge in [-0.15, -0.1) is 0 Å². The number of hydrogen-bond donors (Lipinski definition) is 0. The number of Topliss-reactive ketones (excluding diaryl/α,β-unsaturated/α-hetero) is 1. The van der Waals surface area contributed by atoms with Crippen LogP contribution in [0.5, 0.6) is 0 Å². The summed E-state index contributed by atoms with van der Waals surface area (Å²) in [4.78, 5) is 16.1. The van der Waals surface area contributed by atoms with Gasteiger partial charge in [0.1, 0.15) is 0 Å². The number of aromatic nitrogens is 1. The molecule has 1 heterocycles. The molecule has 1 aromatic carbocycles. The van der Waals surface area contributed by atoms with Crippen molar-refractivity contribution in [3.05, 3.63) is 65.0 Å². The number of carbonyl (C=O) groups excluding carboxylic acids is 1. The van der Waals surface area contributed by atoms with Crippen LogP contribution in [0.25, 0.3) is 0 Å². The van der Waals surface area contributed by atoms with Crippen molar-refractivity contribution in [2.75, 3.05) is 0 Å². The zero-order valence-corrected chi connectivity index (χ0v) is 10.1. The van der Waals surface area contributed by atoms with E-state index >= 15 is 0 Å². The van der Waals surface area contributed by atoms with Crippen LogP contribution < -0.4 is 0 Å². The summed E-state index contributed by atoms with van der Waals surface area (Å²) < 4.78 is 0. The van der Waals surface area contributed by atoms with Crippen molar-refractivity contribution in [2.24, 2.45) is 0 Å². The highest BCUT2D eigenvalue weighted by atomic mass is 16.1. The van der Waals surface area contributed by atoms with Crippen molar-refractivity contribution in [1.82, 2.24) is 4.98 Å². The van der Waals surface area contributed by atoms with Gasteiger partial charge in [0.2, 0.25) is 0 Å². The minimum atomic E-state index is 0.126. The van der Waals surface area contributed by atoms with Crippen molar-refractivity contribution in [2.45, 2.75) is 20.3 Å². The highest BCUT2D eigenvalue weighted by Crippen LogP contribution is 2.11. The Kier molecular flexibility index (Phi) is 3.33. The van der Waals surface area contributed by atoms with Gasteiger partial charge >= 0.3 is 0 Å². The molecule has 0 unspecified atom stereocenters. The standard InChI is InChI=1S/C15H15NO/c1-11-4-3-5-13(8-11)9-15(17)14-10-16-7-6-12(14)2/h3-8,10H,9H2,1-2H3. The van der Waals surface area contributed by atoms with Crippen LogP contribution in [0.3, 0.4) is 0 Å². The third kappa shape index (κ3) is 2.78. The molecule has 2 rings (SSSR count). The van der Waals surface area contributed by atoms with E-state index in [1.54, 1.807) is 12.4 Å². The fourth-order valence-corrected chi connectivity index (χ4v) is 1.86. The van der Waals surface area contributed by atoms with Gasteiger partial charge in [0.15, 0.2) is 5.78 Å². The molecule has 0 N–H and O–H groups in total. The first-order valence-electron chi connectivity index (χ1n) is 5.66. The van der Waals surface area contributed by atoms with Crippen molar-refractivity contribution in [3.63, 3.8) is 0 Å². The number of hydrogen-bond acceptors (Lipinski definition) is 2. The van der Waals surface area contributed by atoms with Crippen molar-refractivity contribution >= 4 is 5.78 Å². The Morgan fingerprint density at radius 1 is 1.24 bits per heavy atom. The maximum atomic E-state index is 12.1. The van der Waals surface area contributed by atoms with Crippen LogP contribution in [0.2, 0.25) is 0 Å². The predicted molar refractivity (Wildman–Crippen MR) is 68.2 cm³/mol. The third-order valence-electron chi connectivity index (χ3n) is 2.79. The number of nitrogens with zero attached hydrogens (tertiary/aromatic N) is 1. The topological polar surface area (TPSA) is 30.0 Å². The summed E-state index contributed by atoms with van der Waals surface area (Å²) in [5.74, 6) is 0.126. The van der Waals surface area contributed by atoms with E-state index in [9.17, 15) is 4.79 Å². The predicted octanol–water partition coefficient (Wildman–Crippen LogP) is 3.12. The average Bonchev–Trinajstić information content (AvgIpc) is 2.29. The van der Waals surface area contributed by atoms with E-state index in [1.165, 1.54) is 5.56 Å². The molecule has 0 saturated heterocycles. The van der Waals surface area contributed by atoms with Crippen LogP contribution >= 0.6 is 0 Å². The van der Waals surface area contributed by atoms with Gasteiger partial charge in [-0.25, -0.2) is 0 Å². The zero-order valence-electron chi connectivity index (χ0n) is 10.1. The monoisotopic (exact) mass is 225 g/mol. The summed E-state index contributed by atoms with van der Waals surface area (Å²) in [7, 11) is 0. The highest BCUT2D eigenvalue weighted by molar-refractivity contribution is 5.98. The zero-order chi connectivity index (χ0) is 12.3. The van der Waals surface area contributed by atoms with Crippen molar-refractivity contribution < 1.29 is 4.79 Å². The highest BCUT2D eigenvalue weighted by Gasteiger charge is 2.09. The summed E-state index contributed by atoms with van der Waals surface area (Å²) in [6.07, 6.45) is 3.79. The molecule has 0 fully saturated rings. The molecule has 0 bridgehead atoms. The summed E-state index contributed by atoms with van der Waals surface area (Å²) in [5, 5.41) is 0. The Labute approximate surface area is 101 Å². The summed E-state index contributed by atoms with van der Waals surface area (Å²) in [5.41, 5.74) is 3.93. The van der Waals surface area contributed by atoms with Gasteiger partial charge in [-0.3, -0.25) is 9.78 Å². The van der Waals surface area contributed by atoms with Gasteiger partial charge in [-0.05, 0) is 31.0 Å². The third-order valence-corrected chi connectivity index (χ3v) is 2.79. The molecule has 0 radical (unpaired) electrons. The SMILES string of the molecule is Cc1cccc(CC(=O)c2cnccc2C)c1. The van der Waals surface area contributed by atoms with E-state index in [1.807, 2.05) is 44.2 Å². The summed E-state index contributed by atoms with van der Waals surface area (Å²) >= 11 is 0. The van der Waals surface area contributed by atoms with Crippen LogP contribution in [-0.4, -0.2) is 10.8 Å². The molecule has 0 aliphatic carbocycles. The van der Waals surface area contributed by atoms with Gasteiger partial charge in [-0.1, -0.05) is 29.8 Å².